The van der Waals surface area contributed by atoms with E-state index in [1.54, 1.807) is 13.8 Å². The first-order valence-electron chi connectivity index (χ1n) is 17.6. The van der Waals surface area contributed by atoms with Crippen LogP contribution in [0, 0.1) is 0 Å². The minimum atomic E-state index is -0.960. The van der Waals surface area contributed by atoms with Gasteiger partial charge in [-0.05, 0) is 117 Å². The van der Waals surface area contributed by atoms with E-state index in [-0.39, 0.29) is 37.7 Å². The first-order valence-corrected chi connectivity index (χ1v) is 17.6. The Bertz CT molecular complexity index is 631. The fourth-order valence-electron chi connectivity index (χ4n) is 5.12. The summed E-state index contributed by atoms with van der Waals surface area (Å²) in [5.74, 6) is -1.92. The normalized spacial score (nSPS) is 12.0. The van der Waals surface area contributed by atoms with Crippen molar-refractivity contribution in [3.05, 3.63) is 50.6 Å². The number of rotatable bonds is 32. The molecule has 0 N–H and O–H groups in total. The molecule has 0 aromatic heterocycles. The van der Waals surface area contributed by atoms with Crippen molar-refractivity contribution in [2.45, 2.75) is 154 Å². The van der Waals surface area contributed by atoms with Gasteiger partial charge in [-0.2, -0.15) is 0 Å². The Morgan fingerprint density at radius 2 is 0.667 bits per heavy atom. The number of allylic oxidation sites excluding steroid dienone is 4. The van der Waals surface area contributed by atoms with Crippen molar-refractivity contribution in [1.29, 1.82) is 0 Å². The van der Waals surface area contributed by atoms with Crippen molar-refractivity contribution in [1.82, 2.24) is 9.80 Å². The number of hydrogen-bond acceptors (Lipinski definition) is 6. The summed E-state index contributed by atoms with van der Waals surface area (Å²) in [5.41, 5.74) is 0. The molecule has 2 atom stereocenters. The topological polar surface area (TPSA) is 86.7 Å². The molecule has 45 heavy (non-hydrogen) atoms. The molecule has 6 nitrogen and oxygen atoms in total. The first kappa shape index (κ1) is 48.5. The third-order valence-corrected chi connectivity index (χ3v) is 8.19. The second-order valence-corrected chi connectivity index (χ2v) is 12.0. The number of carbonyl (C=O) groups excluding carboxylic acids is 2. The fourth-order valence-corrected chi connectivity index (χ4v) is 5.12. The molecule has 0 aliphatic carbocycles. The van der Waals surface area contributed by atoms with E-state index in [4.69, 9.17) is 0 Å². The molecule has 0 aromatic rings. The zero-order valence-electron chi connectivity index (χ0n) is 29.5. The van der Waals surface area contributed by atoms with Crippen LogP contribution < -0.4 is 10.2 Å². The van der Waals surface area contributed by atoms with Gasteiger partial charge in [-0.25, -0.2) is 0 Å². The zero-order valence-corrected chi connectivity index (χ0v) is 31.7. The average Bonchev–Trinajstić information content (AvgIpc) is 3.01. The number of carboxylic acid groups (broad SMARTS) is 2. The van der Waals surface area contributed by atoms with Crippen LogP contribution in [-0.4, -0.2) is 97.7 Å². The summed E-state index contributed by atoms with van der Waals surface area (Å²) in [6.45, 7) is 21.8. The van der Waals surface area contributed by atoms with Crippen LogP contribution in [0.4, 0.5) is 0 Å². The second kappa shape index (κ2) is 37.5. The van der Waals surface area contributed by atoms with Gasteiger partial charge in [-0.3, -0.25) is 9.80 Å². The van der Waals surface area contributed by atoms with Crippen LogP contribution in [0.1, 0.15) is 142 Å². The van der Waals surface area contributed by atoms with Crippen molar-refractivity contribution in [2.75, 3.05) is 26.2 Å². The fraction of sp³-hybridized carbons (Fsp3) is 0.737. The van der Waals surface area contributed by atoms with Crippen LogP contribution in [0.2, 0.25) is 0 Å². The molecule has 0 amide bonds. The van der Waals surface area contributed by atoms with E-state index in [1.807, 2.05) is 24.3 Å². The second-order valence-electron chi connectivity index (χ2n) is 12.0. The minimum absolute atomic E-state index is 0. The number of carboxylic acids is 2. The van der Waals surface area contributed by atoms with Gasteiger partial charge in [0.1, 0.15) is 0 Å². The maximum absolute atomic E-state index is 11.1. The van der Waals surface area contributed by atoms with Crippen LogP contribution in [-0.2, 0) is 9.59 Å². The summed E-state index contributed by atoms with van der Waals surface area (Å²) < 4.78 is 0. The summed E-state index contributed by atoms with van der Waals surface area (Å²) >= 11 is 0. The van der Waals surface area contributed by atoms with E-state index >= 15 is 0 Å². The molecular formula is C38H68CaN2O4. The van der Waals surface area contributed by atoms with Gasteiger partial charge in [0.2, 0.25) is 0 Å². The van der Waals surface area contributed by atoms with E-state index in [0.29, 0.717) is 0 Å². The SMILES string of the molecule is C=CCCCCCCN(CCCCCCC=C)C(C)C(=O)[O-].C=CCCCCCCN(CCCCCCC=C)C(C)C(=O)[O-].[Ca+2]. The molecule has 0 rings (SSSR count). The van der Waals surface area contributed by atoms with Crippen molar-refractivity contribution < 1.29 is 19.8 Å². The summed E-state index contributed by atoms with van der Waals surface area (Å²) in [7, 11) is 0. The molecule has 0 spiro atoms. The summed E-state index contributed by atoms with van der Waals surface area (Å²) in [4.78, 5) is 26.4. The Balaban J connectivity index is -0.000000767. The number of hydrogen-bond donors (Lipinski definition) is 0. The van der Waals surface area contributed by atoms with E-state index in [9.17, 15) is 19.8 Å². The number of nitrogens with zero attached hydrogens (tertiary/aromatic N) is 2. The van der Waals surface area contributed by atoms with Gasteiger partial charge in [0.15, 0.2) is 0 Å². The Labute approximate surface area is 308 Å². The van der Waals surface area contributed by atoms with Crippen molar-refractivity contribution >= 4 is 49.7 Å². The van der Waals surface area contributed by atoms with E-state index < -0.39 is 24.0 Å². The number of unbranched alkanes of at least 4 members (excludes halogenated alkanes) is 16. The van der Waals surface area contributed by atoms with Crippen molar-refractivity contribution in [3.63, 3.8) is 0 Å². The van der Waals surface area contributed by atoms with Crippen LogP contribution in [0.3, 0.4) is 0 Å². The molecule has 256 valence electrons. The summed E-state index contributed by atoms with van der Waals surface area (Å²) in [5, 5.41) is 22.2. The van der Waals surface area contributed by atoms with E-state index in [1.165, 1.54) is 51.4 Å². The molecule has 0 bridgehead atoms. The van der Waals surface area contributed by atoms with Gasteiger partial charge < -0.3 is 19.8 Å². The largest absolute Gasteiger partial charge is 2.00 e. The molecule has 7 heteroatoms. The van der Waals surface area contributed by atoms with Gasteiger partial charge in [0.25, 0.3) is 0 Å². The van der Waals surface area contributed by atoms with Crippen LogP contribution in [0.5, 0.6) is 0 Å². The van der Waals surface area contributed by atoms with Crippen LogP contribution in [0.15, 0.2) is 50.6 Å². The molecule has 0 radical (unpaired) electrons. The van der Waals surface area contributed by atoms with E-state index in [0.717, 1.165) is 103 Å². The van der Waals surface area contributed by atoms with Crippen molar-refractivity contribution in [3.8, 4) is 0 Å². The maximum Gasteiger partial charge on any atom is 2.00 e. The maximum atomic E-state index is 11.1. The van der Waals surface area contributed by atoms with Crippen LogP contribution >= 0.6 is 0 Å². The third kappa shape index (κ3) is 32.8. The molecule has 0 aliphatic rings. The summed E-state index contributed by atoms with van der Waals surface area (Å²) in [6.07, 6.45) is 30.5. The summed E-state index contributed by atoms with van der Waals surface area (Å²) in [6, 6.07) is -0.970. The minimum Gasteiger partial charge on any atom is -0.548 e. The van der Waals surface area contributed by atoms with Crippen LogP contribution in [0.25, 0.3) is 0 Å². The predicted molar refractivity (Wildman–Crippen MR) is 191 cm³/mol. The number of aliphatic carboxylic acids is 2. The molecule has 0 heterocycles. The quantitative estimate of drug-likeness (QED) is 0.0440. The monoisotopic (exact) mass is 656 g/mol. The smallest absolute Gasteiger partial charge is 0.548 e. The molecule has 0 aromatic carbocycles. The van der Waals surface area contributed by atoms with Crippen molar-refractivity contribution in [2.24, 2.45) is 0 Å². The Morgan fingerprint density at radius 1 is 0.467 bits per heavy atom. The Morgan fingerprint density at radius 3 is 0.844 bits per heavy atom. The van der Waals surface area contributed by atoms with Gasteiger partial charge in [-0.1, -0.05) is 75.7 Å². The first-order chi connectivity index (χ1) is 21.3. The molecular weight excluding hydrogens is 589 g/mol. The zero-order chi connectivity index (χ0) is 33.3. The standard InChI is InChI=1S/2C19H35NO2.Ca/c2*1-4-6-8-10-12-14-16-20(18(3)19(21)22)17-15-13-11-9-7-5-2;/h2*4-5,18H,1-2,6-17H2,3H3,(H,21,22);/q;;+2/p-2. The predicted octanol–water partition coefficient (Wildman–Crippen LogP) is 7.02. The molecule has 2 unspecified atom stereocenters. The molecule has 0 fully saturated rings. The molecule has 0 saturated carbocycles. The number of carbonyl (C=O) groups is 2. The Hall–Kier alpha value is -0.920. The van der Waals surface area contributed by atoms with Gasteiger partial charge in [-0.15, -0.1) is 26.3 Å². The molecule has 0 aliphatic heterocycles. The Kier molecular flexibility index (Phi) is 40.4. The van der Waals surface area contributed by atoms with Gasteiger partial charge in [0.05, 0.1) is 11.9 Å². The molecule has 0 saturated heterocycles. The third-order valence-electron chi connectivity index (χ3n) is 8.19. The average molecular weight is 657 g/mol. The van der Waals surface area contributed by atoms with Gasteiger partial charge >= 0.3 is 37.7 Å². The van der Waals surface area contributed by atoms with E-state index in [2.05, 4.69) is 36.1 Å². The van der Waals surface area contributed by atoms with Gasteiger partial charge in [0, 0.05) is 12.1 Å².